The van der Waals surface area contributed by atoms with Crippen LogP contribution in [0.2, 0.25) is 0 Å². The van der Waals surface area contributed by atoms with Crippen molar-refractivity contribution in [1.82, 2.24) is 5.32 Å². The Morgan fingerprint density at radius 1 is 1.25 bits per heavy atom. The smallest absolute Gasteiger partial charge is 0.326 e. The van der Waals surface area contributed by atoms with Gasteiger partial charge in [-0.3, -0.25) is 9.59 Å². The van der Waals surface area contributed by atoms with Crippen molar-refractivity contribution < 1.29 is 24.6 Å². The van der Waals surface area contributed by atoms with Crippen molar-refractivity contribution in [2.45, 2.75) is 25.3 Å². The van der Waals surface area contributed by atoms with E-state index in [2.05, 4.69) is 5.32 Å². The normalized spacial score (nSPS) is 11.6. The van der Waals surface area contributed by atoms with Gasteiger partial charge in [0.05, 0.1) is 6.42 Å². The van der Waals surface area contributed by atoms with Gasteiger partial charge in [0.15, 0.2) is 0 Å². The van der Waals surface area contributed by atoms with Gasteiger partial charge in [-0.2, -0.15) is 0 Å². The molecular formula is C13H16N2O5. The molecule has 0 bridgehead atoms. The molecule has 0 saturated heterocycles. The van der Waals surface area contributed by atoms with E-state index in [1.807, 2.05) is 0 Å². The fourth-order valence-corrected chi connectivity index (χ4v) is 1.66. The van der Waals surface area contributed by atoms with Gasteiger partial charge in [0.1, 0.15) is 6.04 Å². The Morgan fingerprint density at radius 3 is 2.50 bits per heavy atom. The highest BCUT2D eigenvalue weighted by Crippen LogP contribution is 2.07. The van der Waals surface area contributed by atoms with E-state index in [1.54, 1.807) is 24.3 Å². The topological polar surface area (TPSA) is 130 Å². The first kappa shape index (κ1) is 15.5. The Hall–Kier alpha value is -2.57. The van der Waals surface area contributed by atoms with Gasteiger partial charge in [-0.15, -0.1) is 0 Å². The fourth-order valence-electron chi connectivity index (χ4n) is 1.66. The number of hydrogen-bond acceptors (Lipinski definition) is 4. The average Bonchev–Trinajstić information content (AvgIpc) is 2.33. The highest BCUT2D eigenvalue weighted by Gasteiger charge is 2.20. The molecule has 0 saturated carbocycles. The minimum atomic E-state index is -1.26. The third kappa shape index (κ3) is 5.38. The molecule has 1 aromatic carbocycles. The zero-order valence-electron chi connectivity index (χ0n) is 10.7. The number of amides is 1. The molecule has 7 nitrogen and oxygen atoms in total. The molecule has 0 aliphatic rings. The zero-order valence-corrected chi connectivity index (χ0v) is 10.7. The maximum Gasteiger partial charge on any atom is 0.326 e. The van der Waals surface area contributed by atoms with Gasteiger partial charge in [-0.1, -0.05) is 12.1 Å². The molecule has 1 atom stereocenters. The molecule has 1 aromatic rings. The summed E-state index contributed by atoms with van der Waals surface area (Å²) in [7, 11) is 0. The SMILES string of the molecule is Nc1cccc(CC(=O)NC(CCC(=O)O)C(=O)O)c1. The second-order valence-electron chi connectivity index (χ2n) is 4.31. The summed E-state index contributed by atoms with van der Waals surface area (Å²) in [6.07, 6.45) is -0.495. The Kier molecular flexibility index (Phi) is 5.52. The second kappa shape index (κ2) is 7.13. The van der Waals surface area contributed by atoms with E-state index in [0.29, 0.717) is 11.3 Å². The molecule has 0 aromatic heterocycles. The minimum Gasteiger partial charge on any atom is -0.481 e. The van der Waals surface area contributed by atoms with E-state index in [1.165, 1.54) is 0 Å². The first-order valence-corrected chi connectivity index (χ1v) is 5.97. The number of carboxylic acid groups (broad SMARTS) is 2. The molecule has 20 heavy (non-hydrogen) atoms. The molecule has 5 N–H and O–H groups in total. The van der Waals surface area contributed by atoms with Gasteiger partial charge in [0.25, 0.3) is 0 Å². The first-order chi connectivity index (χ1) is 9.38. The summed E-state index contributed by atoms with van der Waals surface area (Å²) in [5.41, 5.74) is 6.74. The zero-order chi connectivity index (χ0) is 15.1. The van der Waals surface area contributed by atoms with Crippen LogP contribution in [0.1, 0.15) is 18.4 Å². The van der Waals surface area contributed by atoms with Gasteiger partial charge in [0, 0.05) is 12.1 Å². The molecule has 0 aliphatic heterocycles. The maximum atomic E-state index is 11.7. The van der Waals surface area contributed by atoms with Crippen LogP contribution in [0.5, 0.6) is 0 Å². The van der Waals surface area contributed by atoms with Crippen molar-refractivity contribution in [2.75, 3.05) is 5.73 Å². The minimum absolute atomic E-state index is 0.0120. The van der Waals surface area contributed by atoms with Gasteiger partial charge < -0.3 is 21.3 Å². The largest absolute Gasteiger partial charge is 0.481 e. The van der Waals surface area contributed by atoms with Crippen LogP contribution in [-0.4, -0.2) is 34.1 Å². The number of hydrogen-bond donors (Lipinski definition) is 4. The maximum absolute atomic E-state index is 11.7. The molecule has 0 fully saturated rings. The van der Waals surface area contributed by atoms with Crippen LogP contribution in [-0.2, 0) is 20.8 Å². The van der Waals surface area contributed by atoms with E-state index in [9.17, 15) is 14.4 Å². The first-order valence-electron chi connectivity index (χ1n) is 5.97. The van der Waals surface area contributed by atoms with Crippen LogP contribution in [0.3, 0.4) is 0 Å². The summed E-state index contributed by atoms with van der Waals surface area (Å²) >= 11 is 0. The number of carbonyl (C=O) groups is 3. The summed E-state index contributed by atoms with van der Waals surface area (Å²) in [5, 5.41) is 19.7. The van der Waals surface area contributed by atoms with E-state index in [4.69, 9.17) is 15.9 Å². The van der Waals surface area contributed by atoms with Crippen molar-refractivity contribution in [3.8, 4) is 0 Å². The van der Waals surface area contributed by atoms with Crippen LogP contribution in [0.4, 0.5) is 5.69 Å². The molecule has 0 radical (unpaired) electrons. The molecule has 108 valence electrons. The summed E-state index contributed by atoms with van der Waals surface area (Å²) in [4.78, 5) is 33.1. The number of nitrogen functional groups attached to an aromatic ring is 1. The quantitative estimate of drug-likeness (QED) is 0.529. The van der Waals surface area contributed by atoms with Crippen LogP contribution in [0, 0.1) is 0 Å². The number of rotatable bonds is 7. The Bertz CT molecular complexity index is 515. The summed E-state index contributed by atoms with van der Waals surface area (Å²) in [6, 6.07) is 5.47. The molecule has 7 heteroatoms. The van der Waals surface area contributed by atoms with E-state index in [-0.39, 0.29) is 19.3 Å². The van der Waals surface area contributed by atoms with Crippen LogP contribution in [0.15, 0.2) is 24.3 Å². The predicted octanol–water partition coefficient (Wildman–Crippen LogP) is 0.245. The predicted molar refractivity (Wildman–Crippen MR) is 71.0 cm³/mol. The second-order valence-corrected chi connectivity index (χ2v) is 4.31. The lowest BCUT2D eigenvalue weighted by atomic mass is 10.1. The van der Waals surface area contributed by atoms with Crippen molar-refractivity contribution in [2.24, 2.45) is 0 Å². The molecular weight excluding hydrogens is 264 g/mol. The molecule has 1 unspecified atom stereocenters. The number of nitrogens with two attached hydrogens (primary N) is 1. The summed E-state index contributed by atoms with van der Waals surface area (Å²) < 4.78 is 0. The van der Waals surface area contributed by atoms with E-state index in [0.717, 1.165) is 0 Å². The van der Waals surface area contributed by atoms with Gasteiger partial charge in [-0.25, -0.2) is 4.79 Å². The van der Waals surface area contributed by atoms with Crippen LogP contribution < -0.4 is 11.1 Å². The third-order valence-corrected chi connectivity index (χ3v) is 2.60. The van der Waals surface area contributed by atoms with Crippen molar-refractivity contribution >= 4 is 23.5 Å². The van der Waals surface area contributed by atoms with Crippen molar-refractivity contribution in [3.05, 3.63) is 29.8 Å². The molecule has 0 heterocycles. The van der Waals surface area contributed by atoms with Crippen molar-refractivity contribution in [3.63, 3.8) is 0 Å². The Balaban J connectivity index is 2.57. The van der Waals surface area contributed by atoms with Crippen LogP contribution in [0.25, 0.3) is 0 Å². The molecule has 0 spiro atoms. The number of carbonyl (C=O) groups excluding carboxylic acids is 1. The van der Waals surface area contributed by atoms with E-state index < -0.39 is 23.9 Å². The lowest BCUT2D eigenvalue weighted by Gasteiger charge is -2.13. The Labute approximate surface area is 115 Å². The van der Waals surface area contributed by atoms with Gasteiger partial charge >= 0.3 is 11.9 Å². The number of aliphatic carboxylic acids is 2. The molecule has 0 aliphatic carbocycles. The number of nitrogens with one attached hydrogen (secondary N) is 1. The standard InChI is InChI=1S/C13H16N2O5/c14-9-3-1-2-8(6-9)7-11(16)15-10(13(19)20)4-5-12(17)18/h1-3,6,10H,4-5,7,14H2,(H,15,16)(H,17,18)(H,19,20). The lowest BCUT2D eigenvalue weighted by Crippen LogP contribution is -2.41. The number of anilines is 1. The van der Waals surface area contributed by atoms with Crippen LogP contribution >= 0.6 is 0 Å². The highest BCUT2D eigenvalue weighted by atomic mass is 16.4. The lowest BCUT2D eigenvalue weighted by molar-refractivity contribution is -0.143. The fraction of sp³-hybridized carbons (Fsp3) is 0.308. The third-order valence-electron chi connectivity index (χ3n) is 2.60. The number of benzene rings is 1. The van der Waals surface area contributed by atoms with Crippen molar-refractivity contribution in [1.29, 1.82) is 0 Å². The van der Waals surface area contributed by atoms with Gasteiger partial charge in [0.2, 0.25) is 5.91 Å². The van der Waals surface area contributed by atoms with E-state index >= 15 is 0 Å². The Morgan fingerprint density at radius 2 is 1.95 bits per heavy atom. The molecule has 1 amide bonds. The molecule has 1 rings (SSSR count). The van der Waals surface area contributed by atoms with Gasteiger partial charge in [-0.05, 0) is 24.1 Å². The highest BCUT2D eigenvalue weighted by molar-refractivity contribution is 5.85. The summed E-state index contributed by atoms with van der Waals surface area (Å²) in [5.74, 6) is -2.86. The monoisotopic (exact) mass is 280 g/mol. The average molecular weight is 280 g/mol. The summed E-state index contributed by atoms with van der Waals surface area (Å²) in [6.45, 7) is 0. The number of carboxylic acids is 2.